The lowest BCUT2D eigenvalue weighted by Gasteiger charge is -2.12. The molecule has 0 unspecified atom stereocenters. The highest BCUT2D eigenvalue weighted by Gasteiger charge is 2.12. The summed E-state index contributed by atoms with van der Waals surface area (Å²) in [5.74, 6) is 1.91. The molecule has 3 aromatic carbocycles. The second-order valence-corrected chi connectivity index (χ2v) is 6.99. The Morgan fingerprint density at radius 3 is 2.39 bits per heavy atom. The Morgan fingerprint density at radius 1 is 0.806 bits per heavy atom. The van der Waals surface area contributed by atoms with Crippen molar-refractivity contribution in [3.05, 3.63) is 72.6 Å². The van der Waals surface area contributed by atoms with Crippen LogP contribution in [-0.4, -0.2) is 39.2 Å². The minimum atomic E-state index is 0.618. The van der Waals surface area contributed by atoms with Crippen LogP contribution in [0, 0.1) is 0 Å². The summed E-state index contributed by atoms with van der Waals surface area (Å²) in [4.78, 5) is 10.5. The van der Waals surface area contributed by atoms with Crippen LogP contribution in [0.2, 0.25) is 0 Å². The molecule has 0 saturated carbocycles. The van der Waals surface area contributed by atoms with Gasteiger partial charge in [0.05, 0.1) is 26.3 Å². The van der Waals surface area contributed by atoms with E-state index in [2.05, 4.69) is 37.6 Å². The van der Waals surface area contributed by atoms with Crippen LogP contribution < -0.4 is 14.8 Å². The molecule has 31 heavy (non-hydrogen) atoms. The van der Waals surface area contributed by atoms with E-state index >= 15 is 0 Å². The van der Waals surface area contributed by atoms with Gasteiger partial charge in [-0.05, 0) is 29.8 Å². The van der Waals surface area contributed by atoms with Gasteiger partial charge in [-0.3, -0.25) is 0 Å². The van der Waals surface area contributed by atoms with E-state index in [-0.39, 0.29) is 0 Å². The Balaban J connectivity index is 1.47. The first-order valence-electron chi connectivity index (χ1n) is 9.76. The molecule has 154 valence electrons. The lowest BCUT2D eigenvalue weighted by atomic mass is 10.2. The number of ether oxygens (including phenoxy) is 2. The van der Waals surface area contributed by atoms with E-state index in [0.29, 0.717) is 23.9 Å². The van der Waals surface area contributed by atoms with Gasteiger partial charge in [0.15, 0.2) is 11.5 Å². The minimum absolute atomic E-state index is 0.618. The smallest absolute Gasteiger partial charge is 0.162 e. The quantitative estimate of drug-likeness (QED) is 0.448. The van der Waals surface area contributed by atoms with Crippen LogP contribution in [0.15, 0.2) is 67.0 Å². The van der Waals surface area contributed by atoms with Gasteiger partial charge in [0.25, 0.3) is 0 Å². The van der Waals surface area contributed by atoms with Crippen LogP contribution in [0.4, 0.5) is 11.5 Å². The average Bonchev–Trinajstić information content (AvgIpc) is 3.20. The molecule has 2 heterocycles. The second-order valence-electron chi connectivity index (χ2n) is 6.99. The Hall–Kier alpha value is -4.20. The van der Waals surface area contributed by atoms with Crippen LogP contribution in [0.25, 0.3) is 21.9 Å². The molecule has 2 aromatic heterocycles. The molecule has 0 bridgehead atoms. The maximum absolute atomic E-state index is 5.43. The molecule has 1 N–H and O–H groups in total. The molecule has 0 saturated heterocycles. The van der Waals surface area contributed by atoms with Crippen molar-refractivity contribution in [1.82, 2.24) is 25.0 Å². The first-order chi connectivity index (χ1) is 15.2. The Bertz CT molecular complexity index is 1370. The topological polar surface area (TPSA) is 87.0 Å². The summed E-state index contributed by atoms with van der Waals surface area (Å²) < 4.78 is 10.8. The van der Waals surface area contributed by atoms with Gasteiger partial charge in [-0.1, -0.05) is 30.3 Å². The van der Waals surface area contributed by atoms with Crippen LogP contribution in [0.5, 0.6) is 11.5 Å². The summed E-state index contributed by atoms with van der Waals surface area (Å²) in [5, 5.41) is 13.4. The number of hydrogen-bond donors (Lipinski definition) is 1. The summed E-state index contributed by atoms with van der Waals surface area (Å²) >= 11 is 0. The van der Waals surface area contributed by atoms with Gasteiger partial charge in [-0.15, -0.1) is 0 Å². The molecular formula is C23H20N6O2. The zero-order chi connectivity index (χ0) is 21.2. The van der Waals surface area contributed by atoms with Gasteiger partial charge >= 0.3 is 0 Å². The molecule has 0 aliphatic heterocycles. The fourth-order valence-electron chi connectivity index (χ4n) is 3.47. The van der Waals surface area contributed by atoms with Crippen molar-refractivity contribution in [2.24, 2.45) is 0 Å². The molecule has 0 aliphatic rings. The van der Waals surface area contributed by atoms with Crippen LogP contribution in [0.3, 0.4) is 0 Å². The lowest BCUT2D eigenvalue weighted by molar-refractivity contribution is 0.356. The van der Waals surface area contributed by atoms with Gasteiger partial charge in [-0.25, -0.2) is 9.97 Å². The number of methoxy groups -OCH3 is 2. The largest absolute Gasteiger partial charge is 0.493 e. The fourth-order valence-corrected chi connectivity index (χ4v) is 3.47. The normalized spacial score (nSPS) is 11.0. The summed E-state index contributed by atoms with van der Waals surface area (Å²) in [6.45, 7) is 0.621. The molecular weight excluding hydrogens is 392 g/mol. The zero-order valence-electron chi connectivity index (χ0n) is 17.1. The van der Waals surface area contributed by atoms with Crippen LogP contribution in [-0.2, 0) is 6.54 Å². The first kappa shape index (κ1) is 18.8. The summed E-state index contributed by atoms with van der Waals surface area (Å²) in [6, 6.07) is 19.7. The van der Waals surface area contributed by atoms with Gasteiger partial charge in [0.2, 0.25) is 0 Å². The Labute approximate surface area is 178 Å². The molecule has 0 spiro atoms. The summed E-state index contributed by atoms with van der Waals surface area (Å²) in [7, 11) is 3.21. The van der Waals surface area contributed by atoms with E-state index in [4.69, 9.17) is 9.47 Å². The highest BCUT2D eigenvalue weighted by atomic mass is 16.5. The van der Waals surface area contributed by atoms with Crippen LogP contribution in [0.1, 0.15) is 5.56 Å². The first-order valence-corrected chi connectivity index (χ1v) is 9.76. The van der Waals surface area contributed by atoms with E-state index in [1.165, 1.54) is 6.33 Å². The van der Waals surface area contributed by atoms with Crippen molar-refractivity contribution in [3.8, 4) is 11.5 Å². The third-order valence-corrected chi connectivity index (χ3v) is 4.99. The van der Waals surface area contributed by atoms with Gasteiger partial charge < -0.3 is 14.8 Å². The monoisotopic (exact) mass is 412 g/mol. The van der Waals surface area contributed by atoms with E-state index in [9.17, 15) is 0 Å². The number of nitrogens with zero attached hydrogens (tertiary/aromatic N) is 5. The van der Waals surface area contributed by atoms with E-state index < -0.39 is 0 Å². The third kappa shape index (κ3) is 3.71. The predicted molar refractivity (Wildman–Crippen MR) is 119 cm³/mol. The molecule has 0 atom stereocenters. The van der Waals surface area contributed by atoms with Crippen molar-refractivity contribution in [2.75, 3.05) is 19.5 Å². The minimum Gasteiger partial charge on any atom is -0.493 e. The number of fused-ring (bicyclic) bond motifs is 2. The van der Waals surface area contributed by atoms with Gasteiger partial charge in [0.1, 0.15) is 23.2 Å². The number of aromatic nitrogens is 5. The van der Waals surface area contributed by atoms with Crippen molar-refractivity contribution in [2.45, 2.75) is 6.54 Å². The molecule has 0 aliphatic carbocycles. The fraction of sp³-hybridized carbons (Fsp3) is 0.130. The van der Waals surface area contributed by atoms with Gasteiger partial charge in [-0.2, -0.15) is 15.0 Å². The standard InChI is InChI=1S/C23H20N6O2/c1-30-21-11-17-19(12-22(21)31-2)24-14-25-23(17)26-16-8-9-18-20(10-16)28-29(27-18)13-15-6-4-3-5-7-15/h3-12,14H,13H2,1-2H3,(H,24,25,26). The number of benzene rings is 3. The van der Waals surface area contributed by atoms with E-state index in [1.54, 1.807) is 19.0 Å². The van der Waals surface area contributed by atoms with Crippen molar-refractivity contribution in [1.29, 1.82) is 0 Å². The molecule has 0 fully saturated rings. The number of nitrogens with one attached hydrogen (secondary N) is 1. The lowest BCUT2D eigenvalue weighted by Crippen LogP contribution is -2.03. The molecule has 0 radical (unpaired) electrons. The molecule has 5 aromatic rings. The maximum Gasteiger partial charge on any atom is 0.162 e. The third-order valence-electron chi connectivity index (χ3n) is 4.99. The van der Waals surface area contributed by atoms with Crippen molar-refractivity contribution in [3.63, 3.8) is 0 Å². The molecule has 5 rings (SSSR count). The second kappa shape index (κ2) is 7.91. The highest BCUT2D eigenvalue weighted by molar-refractivity contribution is 5.93. The molecule has 0 amide bonds. The van der Waals surface area contributed by atoms with E-state index in [0.717, 1.165) is 33.2 Å². The average molecular weight is 412 g/mol. The summed E-state index contributed by atoms with van der Waals surface area (Å²) in [6.07, 6.45) is 1.52. The predicted octanol–water partition coefficient (Wildman–Crippen LogP) is 4.18. The molecule has 8 nitrogen and oxygen atoms in total. The van der Waals surface area contributed by atoms with Gasteiger partial charge in [0, 0.05) is 17.1 Å². The number of hydrogen-bond acceptors (Lipinski definition) is 7. The van der Waals surface area contributed by atoms with E-state index in [1.807, 2.05) is 48.5 Å². The van der Waals surface area contributed by atoms with Crippen molar-refractivity contribution >= 4 is 33.4 Å². The van der Waals surface area contributed by atoms with Crippen LogP contribution >= 0.6 is 0 Å². The SMILES string of the molecule is COc1cc2ncnc(Nc3ccc4nn(Cc5ccccc5)nc4c3)c2cc1OC. The highest BCUT2D eigenvalue weighted by Crippen LogP contribution is 2.34. The Kier molecular flexibility index (Phi) is 4.80. The Morgan fingerprint density at radius 2 is 1.58 bits per heavy atom. The molecule has 8 heteroatoms. The number of rotatable bonds is 6. The summed E-state index contributed by atoms with van der Waals surface area (Å²) in [5.41, 5.74) is 4.40. The number of anilines is 2. The maximum atomic E-state index is 5.43. The van der Waals surface area contributed by atoms with Crippen molar-refractivity contribution < 1.29 is 9.47 Å². The zero-order valence-corrected chi connectivity index (χ0v) is 17.1.